The summed E-state index contributed by atoms with van der Waals surface area (Å²) in [5.41, 5.74) is 7.12. The molecule has 1 N–H and O–H groups in total. The highest BCUT2D eigenvalue weighted by Crippen LogP contribution is 2.29. The maximum atomic E-state index is 9.80. The minimum absolute atomic E-state index is 0.0423. The van der Waals surface area contributed by atoms with Gasteiger partial charge in [-0.25, -0.2) is 4.98 Å². The molecular weight excluding hydrogens is 328 g/mol. The molecule has 1 aromatic carbocycles. The lowest BCUT2D eigenvalue weighted by atomic mass is 10.0. The Bertz CT molecular complexity index is 836. The van der Waals surface area contributed by atoms with Crippen LogP contribution in [0.25, 0.3) is 16.9 Å². The van der Waals surface area contributed by atoms with Gasteiger partial charge >= 0.3 is 0 Å². The Hall–Kier alpha value is -1.65. The molecule has 3 aromatic rings. The van der Waals surface area contributed by atoms with Crippen LogP contribution in [0.1, 0.15) is 22.4 Å². The lowest BCUT2D eigenvalue weighted by Crippen LogP contribution is -1.96. The van der Waals surface area contributed by atoms with Crippen LogP contribution in [0.5, 0.6) is 0 Å². The Morgan fingerprint density at radius 1 is 1.14 bits per heavy atom. The number of imidazole rings is 1. The molecule has 0 saturated heterocycles. The third-order valence-electron chi connectivity index (χ3n) is 3.79. The van der Waals surface area contributed by atoms with E-state index in [9.17, 15) is 5.11 Å². The SMILES string of the molecule is Cc1ccc(-c2nc3cc(C)c(Br)cn3c2CO)c(C)c1. The number of fused-ring (bicyclic) bond motifs is 1. The molecule has 0 unspecified atom stereocenters. The molecule has 0 radical (unpaired) electrons. The number of nitrogens with zero attached hydrogens (tertiary/aromatic N) is 2. The Balaban J connectivity index is 2.32. The molecule has 2 heterocycles. The van der Waals surface area contributed by atoms with E-state index in [2.05, 4.69) is 48.0 Å². The number of aliphatic hydroxyl groups is 1. The van der Waals surface area contributed by atoms with Gasteiger partial charge in [0.2, 0.25) is 0 Å². The number of rotatable bonds is 2. The van der Waals surface area contributed by atoms with Crippen molar-refractivity contribution in [2.24, 2.45) is 0 Å². The van der Waals surface area contributed by atoms with E-state index in [-0.39, 0.29) is 6.61 Å². The van der Waals surface area contributed by atoms with Crippen LogP contribution in [0, 0.1) is 20.8 Å². The van der Waals surface area contributed by atoms with E-state index in [4.69, 9.17) is 4.98 Å². The smallest absolute Gasteiger partial charge is 0.138 e. The second kappa shape index (κ2) is 5.28. The first-order valence-corrected chi connectivity index (χ1v) is 7.66. The maximum Gasteiger partial charge on any atom is 0.138 e. The minimum Gasteiger partial charge on any atom is -0.390 e. The van der Waals surface area contributed by atoms with Crippen molar-refractivity contribution in [3.63, 3.8) is 0 Å². The van der Waals surface area contributed by atoms with Crippen LogP contribution in [0.15, 0.2) is 34.9 Å². The molecule has 0 aliphatic heterocycles. The fraction of sp³-hybridized carbons (Fsp3) is 0.235. The Morgan fingerprint density at radius 2 is 1.90 bits per heavy atom. The van der Waals surface area contributed by atoms with Crippen LogP contribution in [0.4, 0.5) is 0 Å². The van der Waals surface area contributed by atoms with E-state index in [1.807, 2.05) is 23.6 Å². The van der Waals surface area contributed by atoms with Crippen molar-refractivity contribution in [1.29, 1.82) is 0 Å². The minimum atomic E-state index is -0.0423. The third-order valence-corrected chi connectivity index (χ3v) is 4.62. The largest absolute Gasteiger partial charge is 0.390 e. The number of aryl methyl sites for hydroxylation is 3. The molecule has 0 atom stereocenters. The number of hydrogen-bond donors (Lipinski definition) is 1. The first-order chi connectivity index (χ1) is 10.0. The normalized spacial score (nSPS) is 11.3. The van der Waals surface area contributed by atoms with Crippen molar-refractivity contribution in [2.75, 3.05) is 0 Å². The zero-order valence-electron chi connectivity index (χ0n) is 12.3. The predicted molar refractivity (Wildman–Crippen MR) is 88.5 cm³/mol. The van der Waals surface area contributed by atoms with Crippen molar-refractivity contribution in [3.8, 4) is 11.3 Å². The van der Waals surface area contributed by atoms with Gasteiger partial charge in [-0.1, -0.05) is 23.8 Å². The van der Waals surface area contributed by atoms with Gasteiger partial charge in [0.25, 0.3) is 0 Å². The summed E-state index contributed by atoms with van der Waals surface area (Å²) in [4.78, 5) is 4.73. The van der Waals surface area contributed by atoms with Crippen molar-refractivity contribution in [2.45, 2.75) is 27.4 Å². The van der Waals surface area contributed by atoms with Crippen LogP contribution in [0.3, 0.4) is 0 Å². The molecule has 0 amide bonds. The summed E-state index contributed by atoms with van der Waals surface area (Å²) in [5.74, 6) is 0. The summed E-state index contributed by atoms with van der Waals surface area (Å²) in [6.45, 7) is 6.15. The molecule has 4 heteroatoms. The number of pyridine rings is 1. The van der Waals surface area contributed by atoms with Crippen molar-refractivity contribution < 1.29 is 5.11 Å². The lowest BCUT2D eigenvalue weighted by Gasteiger charge is -2.07. The highest BCUT2D eigenvalue weighted by molar-refractivity contribution is 9.10. The molecule has 0 fully saturated rings. The summed E-state index contributed by atoms with van der Waals surface area (Å²) in [7, 11) is 0. The van der Waals surface area contributed by atoms with Gasteiger partial charge in [0.15, 0.2) is 0 Å². The second-order valence-electron chi connectivity index (χ2n) is 5.42. The first-order valence-electron chi connectivity index (χ1n) is 6.87. The van der Waals surface area contributed by atoms with Gasteiger partial charge in [-0.15, -0.1) is 0 Å². The standard InChI is InChI=1S/C17H17BrN2O/c1-10-4-5-13(11(2)6-10)17-15(9-21)20-8-14(18)12(3)7-16(20)19-17/h4-8,21H,9H2,1-3H3. The number of aromatic nitrogens is 2. The summed E-state index contributed by atoms with van der Waals surface area (Å²) in [5, 5.41) is 9.80. The fourth-order valence-electron chi connectivity index (χ4n) is 2.65. The Morgan fingerprint density at radius 3 is 2.57 bits per heavy atom. The van der Waals surface area contributed by atoms with E-state index >= 15 is 0 Å². The molecule has 0 aliphatic carbocycles. The van der Waals surface area contributed by atoms with E-state index in [1.54, 1.807) is 0 Å². The van der Waals surface area contributed by atoms with Gasteiger partial charge in [-0.2, -0.15) is 0 Å². The molecule has 21 heavy (non-hydrogen) atoms. The van der Waals surface area contributed by atoms with Gasteiger partial charge in [0.05, 0.1) is 18.0 Å². The van der Waals surface area contributed by atoms with Gasteiger partial charge in [0, 0.05) is 16.2 Å². The number of halogens is 1. The zero-order valence-corrected chi connectivity index (χ0v) is 13.9. The summed E-state index contributed by atoms with van der Waals surface area (Å²) >= 11 is 3.54. The second-order valence-corrected chi connectivity index (χ2v) is 6.27. The third kappa shape index (κ3) is 2.39. The monoisotopic (exact) mass is 344 g/mol. The summed E-state index contributed by atoms with van der Waals surface area (Å²) in [6.07, 6.45) is 1.97. The number of benzene rings is 1. The first kappa shape index (κ1) is 14.3. The average Bonchev–Trinajstić information content (AvgIpc) is 2.76. The van der Waals surface area contributed by atoms with Gasteiger partial charge in [-0.3, -0.25) is 4.40 Å². The van der Waals surface area contributed by atoms with Crippen LogP contribution >= 0.6 is 15.9 Å². The van der Waals surface area contributed by atoms with Crippen LogP contribution in [-0.4, -0.2) is 14.5 Å². The Kier molecular flexibility index (Phi) is 3.59. The fourth-order valence-corrected chi connectivity index (χ4v) is 2.97. The highest BCUT2D eigenvalue weighted by Gasteiger charge is 2.15. The summed E-state index contributed by atoms with van der Waals surface area (Å²) in [6, 6.07) is 8.32. The van der Waals surface area contributed by atoms with Gasteiger partial charge < -0.3 is 5.11 Å². The van der Waals surface area contributed by atoms with E-state index in [1.165, 1.54) is 11.1 Å². The topological polar surface area (TPSA) is 37.5 Å². The van der Waals surface area contributed by atoms with Gasteiger partial charge in [0.1, 0.15) is 5.65 Å². The molecule has 0 saturated carbocycles. The molecule has 0 aliphatic rings. The van der Waals surface area contributed by atoms with E-state index < -0.39 is 0 Å². The molecular formula is C17H17BrN2O. The molecule has 108 valence electrons. The van der Waals surface area contributed by atoms with E-state index in [0.717, 1.165) is 32.6 Å². The lowest BCUT2D eigenvalue weighted by molar-refractivity contribution is 0.276. The average molecular weight is 345 g/mol. The quantitative estimate of drug-likeness (QED) is 0.757. The van der Waals surface area contributed by atoms with Gasteiger partial charge in [-0.05, 0) is 53.9 Å². The maximum absolute atomic E-state index is 9.80. The molecule has 3 rings (SSSR count). The predicted octanol–water partition coefficient (Wildman–Crippen LogP) is 4.18. The molecule has 0 bridgehead atoms. The molecule has 0 spiro atoms. The number of hydrogen-bond acceptors (Lipinski definition) is 2. The van der Waals surface area contributed by atoms with Crippen molar-refractivity contribution in [3.05, 3.63) is 57.3 Å². The number of aliphatic hydroxyl groups excluding tert-OH is 1. The van der Waals surface area contributed by atoms with Crippen LogP contribution in [-0.2, 0) is 6.61 Å². The van der Waals surface area contributed by atoms with E-state index in [0.29, 0.717) is 0 Å². The Labute approximate surface area is 132 Å². The van der Waals surface area contributed by atoms with Crippen LogP contribution < -0.4 is 0 Å². The molecule has 2 aromatic heterocycles. The van der Waals surface area contributed by atoms with Crippen LogP contribution in [0.2, 0.25) is 0 Å². The van der Waals surface area contributed by atoms with Crippen molar-refractivity contribution >= 4 is 21.6 Å². The zero-order chi connectivity index (χ0) is 15.1. The molecule has 3 nitrogen and oxygen atoms in total. The summed E-state index contributed by atoms with van der Waals surface area (Å²) < 4.78 is 2.96. The highest BCUT2D eigenvalue weighted by atomic mass is 79.9. The van der Waals surface area contributed by atoms with Crippen molar-refractivity contribution in [1.82, 2.24) is 9.38 Å².